The Morgan fingerprint density at radius 2 is 1.70 bits per heavy atom. The first-order valence-corrected chi connectivity index (χ1v) is 11.4. The van der Waals surface area contributed by atoms with Crippen LogP contribution in [-0.4, -0.2) is 76.9 Å². The molecule has 2 N–H and O–H groups in total. The second-order valence-corrected chi connectivity index (χ2v) is 8.81. The largest absolute Gasteiger partial charge is 0.497 e. The van der Waals surface area contributed by atoms with Crippen LogP contribution in [0.2, 0.25) is 0 Å². The molecule has 3 fully saturated rings. The topological polar surface area (TPSA) is 61.4 Å². The molecule has 0 spiro atoms. The number of hydrogen-bond donors (Lipinski definition) is 2. The van der Waals surface area contributed by atoms with E-state index in [1.54, 1.807) is 14.2 Å². The fourth-order valence-corrected chi connectivity index (χ4v) is 4.69. The van der Waals surface area contributed by atoms with Gasteiger partial charge in [0, 0.05) is 69.2 Å². The third-order valence-electron chi connectivity index (χ3n) is 6.70. The van der Waals surface area contributed by atoms with Gasteiger partial charge in [-0.1, -0.05) is 0 Å². The van der Waals surface area contributed by atoms with Crippen molar-refractivity contribution in [2.24, 2.45) is 10.9 Å². The third kappa shape index (κ3) is 5.31. The van der Waals surface area contributed by atoms with Crippen LogP contribution in [0.1, 0.15) is 32.1 Å². The van der Waals surface area contributed by atoms with Crippen LogP contribution in [0.3, 0.4) is 0 Å². The third-order valence-corrected chi connectivity index (χ3v) is 6.70. The van der Waals surface area contributed by atoms with Gasteiger partial charge in [0.1, 0.15) is 11.5 Å². The van der Waals surface area contributed by atoms with Crippen molar-refractivity contribution in [3.8, 4) is 11.5 Å². The van der Waals surface area contributed by atoms with Gasteiger partial charge in [0.15, 0.2) is 5.96 Å². The minimum Gasteiger partial charge on any atom is -0.497 e. The van der Waals surface area contributed by atoms with E-state index < -0.39 is 0 Å². The molecule has 1 aliphatic carbocycles. The summed E-state index contributed by atoms with van der Waals surface area (Å²) in [6.45, 7) is 5.55. The minimum absolute atomic E-state index is 0.450. The fourth-order valence-electron chi connectivity index (χ4n) is 4.69. The van der Waals surface area contributed by atoms with Gasteiger partial charge in [0.25, 0.3) is 0 Å². The summed E-state index contributed by atoms with van der Waals surface area (Å²) in [6, 6.07) is 7.43. The summed E-state index contributed by atoms with van der Waals surface area (Å²) in [5.74, 6) is 3.36. The molecule has 3 aliphatic rings. The van der Waals surface area contributed by atoms with Crippen LogP contribution in [0.25, 0.3) is 0 Å². The van der Waals surface area contributed by atoms with E-state index in [-0.39, 0.29) is 0 Å². The summed E-state index contributed by atoms with van der Waals surface area (Å²) in [5, 5.41) is 7.22. The zero-order valence-electron chi connectivity index (χ0n) is 18.7. The maximum Gasteiger partial charge on any atom is 0.191 e. The van der Waals surface area contributed by atoms with Crippen LogP contribution in [0, 0.1) is 5.92 Å². The Hall–Kier alpha value is -2.15. The van der Waals surface area contributed by atoms with Gasteiger partial charge in [-0.15, -0.1) is 0 Å². The second kappa shape index (κ2) is 9.77. The summed E-state index contributed by atoms with van der Waals surface area (Å²) in [6.07, 6.45) is 6.29. The Balaban J connectivity index is 1.22. The summed E-state index contributed by atoms with van der Waals surface area (Å²) in [4.78, 5) is 9.55. The molecule has 7 heteroatoms. The van der Waals surface area contributed by atoms with Crippen LogP contribution >= 0.6 is 0 Å². The number of anilines is 1. The molecule has 2 heterocycles. The van der Waals surface area contributed by atoms with Gasteiger partial charge >= 0.3 is 0 Å². The van der Waals surface area contributed by atoms with Crippen molar-refractivity contribution in [1.29, 1.82) is 0 Å². The van der Waals surface area contributed by atoms with Gasteiger partial charge in [0.2, 0.25) is 0 Å². The Morgan fingerprint density at radius 3 is 2.30 bits per heavy atom. The fraction of sp³-hybridized carbons (Fsp3) is 0.696. The number of likely N-dealkylation sites (tertiary alicyclic amines) is 1. The molecular weight excluding hydrogens is 378 g/mol. The highest BCUT2D eigenvalue weighted by Gasteiger charge is 2.34. The highest BCUT2D eigenvalue weighted by atomic mass is 16.5. The molecular formula is C23H37N5O2. The zero-order valence-corrected chi connectivity index (χ0v) is 18.7. The summed E-state index contributed by atoms with van der Waals surface area (Å²) >= 11 is 0. The number of nitrogens with zero attached hydrogens (tertiary/aromatic N) is 3. The summed E-state index contributed by atoms with van der Waals surface area (Å²) < 4.78 is 10.8. The lowest BCUT2D eigenvalue weighted by Crippen LogP contribution is -2.49. The lowest BCUT2D eigenvalue weighted by molar-refractivity contribution is 0.314. The van der Waals surface area contributed by atoms with Crippen LogP contribution in [0.5, 0.6) is 11.5 Å². The van der Waals surface area contributed by atoms with Crippen molar-refractivity contribution in [3.05, 3.63) is 18.2 Å². The van der Waals surface area contributed by atoms with E-state index in [1.165, 1.54) is 32.4 Å². The first kappa shape index (κ1) is 21.1. The highest BCUT2D eigenvalue weighted by Crippen LogP contribution is 2.32. The number of aliphatic imine (C=N–C) groups is 1. The predicted molar refractivity (Wildman–Crippen MR) is 122 cm³/mol. The van der Waals surface area contributed by atoms with E-state index in [0.717, 1.165) is 67.6 Å². The van der Waals surface area contributed by atoms with Gasteiger partial charge < -0.3 is 29.9 Å². The first-order chi connectivity index (χ1) is 14.7. The average Bonchev–Trinajstić information content (AvgIpc) is 3.54. The number of nitrogens with one attached hydrogen (secondary N) is 2. The number of benzene rings is 1. The Morgan fingerprint density at radius 1 is 1.00 bits per heavy atom. The number of ether oxygens (including phenoxy) is 2. The minimum atomic E-state index is 0.450. The number of methoxy groups -OCH3 is 2. The van der Waals surface area contributed by atoms with E-state index in [0.29, 0.717) is 6.04 Å². The average molecular weight is 416 g/mol. The second-order valence-electron chi connectivity index (χ2n) is 8.81. The number of rotatable bonds is 7. The molecule has 4 rings (SSSR count). The molecule has 1 atom stereocenters. The van der Waals surface area contributed by atoms with Gasteiger partial charge in [-0.3, -0.25) is 4.99 Å². The molecule has 1 unspecified atom stereocenters. The maximum absolute atomic E-state index is 5.42. The van der Waals surface area contributed by atoms with E-state index >= 15 is 0 Å². The molecule has 0 aromatic heterocycles. The lowest BCUT2D eigenvalue weighted by Gasteiger charge is -2.35. The first-order valence-electron chi connectivity index (χ1n) is 11.4. The van der Waals surface area contributed by atoms with Gasteiger partial charge in [0.05, 0.1) is 14.2 Å². The maximum atomic E-state index is 5.42. The van der Waals surface area contributed by atoms with Crippen molar-refractivity contribution in [2.45, 2.75) is 44.2 Å². The quantitative estimate of drug-likeness (QED) is 0.527. The molecule has 0 radical (unpaired) electrons. The van der Waals surface area contributed by atoms with Gasteiger partial charge in [-0.05, 0) is 44.6 Å². The lowest BCUT2D eigenvalue weighted by atomic mass is 10.0. The van der Waals surface area contributed by atoms with Crippen LogP contribution in [0.4, 0.5) is 5.69 Å². The standard InChI is InChI=1S/C23H37N5O2/c1-24-23(25-15-17-6-9-28(16-17)19-4-5-19)26-18-7-10-27(11-8-18)20-12-21(29-2)14-22(13-20)30-3/h12-14,17-19H,4-11,15-16H2,1-3H3,(H2,24,25,26). The van der Waals surface area contributed by atoms with Crippen molar-refractivity contribution < 1.29 is 9.47 Å². The van der Waals surface area contributed by atoms with Crippen LogP contribution in [0.15, 0.2) is 23.2 Å². The molecule has 2 saturated heterocycles. The number of guanidine groups is 1. The van der Waals surface area contributed by atoms with E-state index in [9.17, 15) is 0 Å². The van der Waals surface area contributed by atoms with Crippen molar-refractivity contribution >= 4 is 11.6 Å². The van der Waals surface area contributed by atoms with Gasteiger partial charge in [-0.2, -0.15) is 0 Å². The van der Waals surface area contributed by atoms with Crippen molar-refractivity contribution in [2.75, 3.05) is 58.9 Å². The number of hydrogen-bond acceptors (Lipinski definition) is 5. The molecule has 2 aliphatic heterocycles. The molecule has 0 amide bonds. The van der Waals surface area contributed by atoms with Crippen LogP contribution < -0.4 is 25.0 Å². The predicted octanol–water partition coefficient (Wildman–Crippen LogP) is 2.32. The Bertz CT molecular complexity index is 706. The smallest absolute Gasteiger partial charge is 0.191 e. The molecule has 1 saturated carbocycles. The molecule has 30 heavy (non-hydrogen) atoms. The van der Waals surface area contributed by atoms with E-state index in [1.807, 2.05) is 13.1 Å². The number of piperidine rings is 1. The molecule has 1 aromatic carbocycles. The summed E-state index contributed by atoms with van der Waals surface area (Å²) in [5.41, 5.74) is 1.16. The van der Waals surface area contributed by atoms with E-state index in [4.69, 9.17) is 9.47 Å². The Kier molecular flexibility index (Phi) is 6.87. The van der Waals surface area contributed by atoms with Crippen molar-refractivity contribution in [1.82, 2.24) is 15.5 Å². The normalized spacial score (nSPS) is 23.5. The van der Waals surface area contributed by atoms with Gasteiger partial charge in [-0.25, -0.2) is 0 Å². The van der Waals surface area contributed by atoms with Crippen molar-refractivity contribution in [3.63, 3.8) is 0 Å². The molecule has 166 valence electrons. The Labute approximate surface area is 180 Å². The monoisotopic (exact) mass is 415 g/mol. The molecule has 1 aromatic rings. The zero-order chi connectivity index (χ0) is 20.9. The SMILES string of the molecule is CN=C(NCC1CCN(C2CC2)C1)NC1CCN(c2cc(OC)cc(OC)c2)CC1. The van der Waals surface area contributed by atoms with E-state index in [2.05, 4.69) is 37.6 Å². The summed E-state index contributed by atoms with van der Waals surface area (Å²) in [7, 11) is 5.27. The van der Waals surface area contributed by atoms with Crippen LogP contribution in [-0.2, 0) is 0 Å². The highest BCUT2D eigenvalue weighted by molar-refractivity contribution is 5.80. The molecule has 0 bridgehead atoms. The molecule has 7 nitrogen and oxygen atoms in total.